The zero-order valence-electron chi connectivity index (χ0n) is 12.6. The molecule has 4 nitrogen and oxygen atoms in total. The predicted octanol–water partition coefficient (Wildman–Crippen LogP) is 3.51. The molecule has 0 aliphatic carbocycles. The maximum Gasteiger partial charge on any atom is 0.244 e. The number of ether oxygens (including phenoxy) is 1. The van der Waals surface area contributed by atoms with E-state index in [0.29, 0.717) is 12.1 Å². The predicted molar refractivity (Wildman–Crippen MR) is 92.5 cm³/mol. The highest BCUT2D eigenvalue weighted by Crippen LogP contribution is 2.12. The second kappa shape index (κ2) is 8.29. The summed E-state index contributed by atoms with van der Waals surface area (Å²) in [5.41, 5.74) is 1.49. The molecule has 0 aliphatic rings. The van der Waals surface area contributed by atoms with Gasteiger partial charge in [0.15, 0.2) is 5.78 Å². The van der Waals surface area contributed by atoms with Gasteiger partial charge in [0.05, 0.1) is 7.11 Å². The smallest absolute Gasteiger partial charge is 0.244 e. The number of hydrogen-bond donors (Lipinski definition) is 1. The molecule has 0 spiro atoms. The molecule has 2 aromatic rings. The van der Waals surface area contributed by atoms with Crippen LogP contribution >= 0.6 is 15.9 Å². The van der Waals surface area contributed by atoms with Crippen LogP contribution in [0.25, 0.3) is 0 Å². The average Bonchev–Trinajstić information content (AvgIpc) is 2.59. The summed E-state index contributed by atoms with van der Waals surface area (Å²) in [4.78, 5) is 23.7. The molecule has 0 aliphatic heterocycles. The number of benzene rings is 2. The zero-order valence-corrected chi connectivity index (χ0v) is 14.2. The summed E-state index contributed by atoms with van der Waals surface area (Å²) in [6, 6.07) is 14.4. The van der Waals surface area contributed by atoms with E-state index in [1.54, 1.807) is 31.4 Å². The van der Waals surface area contributed by atoms with Gasteiger partial charge in [0.1, 0.15) is 5.75 Å². The fourth-order valence-electron chi connectivity index (χ4n) is 1.85. The molecule has 0 aromatic heterocycles. The Morgan fingerprint density at radius 1 is 1.04 bits per heavy atom. The van der Waals surface area contributed by atoms with Gasteiger partial charge in [-0.15, -0.1) is 0 Å². The number of rotatable bonds is 6. The Labute approximate surface area is 143 Å². The van der Waals surface area contributed by atoms with Gasteiger partial charge in [0, 0.05) is 22.7 Å². The quantitative estimate of drug-likeness (QED) is 0.622. The standard InChI is InChI=1S/C18H16BrNO3/c1-23-16-8-2-13(3-9-16)12-20-18(22)11-10-17(21)14-4-6-15(19)7-5-14/h2-11H,12H2,1H3,(H,20,22)/b11-10+. The van der Waals surface area contributed by atoms with E-state index in [9.17, 15) is 9.59 Å². The molecule has 118 valence electrons. The average molecular weight is 374 g/mol. The van der Waals surface area contributed by atoms with Crippen molar-refractivity contribution >= 4 is 27.6 Å². The van der Waals surface area contributed by atoms with Crippen LogP contribution in [0.3, 0.4) is 0 Å². The lowest BCUT2D eigenvalue weighted by Gasteiger charge is -2.04. The Bertz CT molecular complexity index is 706. The van der Waals surface area contributed by atoms with E-state index in [0.717, 1.165) is 15.8 Å². The lowest BCUT2D eigenvalue weighted by Crippen LogP contribution is -2.20. The van der Waals surface area contributed by atoms with Gasteiger partial charge < -0.3 is 10.1 Å². The molecule has 23 heavy (non-hydrogen) atoms. The van der Waals surface area contributed by atoms with Crippen LogP contribution in [0.2, 0.25) is 0 Å². The molecule has 0 heterocycles. The highest BCUT2D eigenvalue weighted by molar-refractivity contribution is 9.10. The molecule has 1 amide bonds. The monoisotopic (exact) mass is 373 g/mol. The number of allylic oxidation sites excluding steroid dienone is 1. The summed E-state index contributed by atoms with van der Waals surface area (Å²) in [6.45, 7) is 0.389. The third-order valence-electron chi connectivity index (χ3n) is 3.14. The van der Waals surface area contributed by atoms with Crippen LogP contribution < -0.4 is 10.1 Å². The Morgan fingerprint density at radius 2 is 1.70 bits per heavy atom. The van der Waals surface area contributed by atoms with Gasteiger partial charge in [-0.3, -0.25) is 9.59 Å². The summed E-state index contributed by atoms with van der Waals surface area (Å²) in [5, 5.41) is 2.73. The number of methoxy groups -OCH3 is 1. The van der Waals surface area contributed by atoms with Crippen molar-refractivity contribution in [2.24, 2.45) is 0 Å². The van der Waals surface area contributed by atoms with Gasteiger partial charge in [0.25, 0.3) is 0 Å². The minimum absolute atomic E-state index is 0.211. The van der Waals surface area contributed by atoms with Gasteiger partial charge in [-0.2, -0.15) is 0 Å². The molecule has 0 unspecified atom stereocenters. The van der Waals surface area contributed by atoms with E-state index >= 15 is 0 Å². The first-order valence-corrected chi connectivity index (χ1v) is 7.76. The van der Waals surface area contributed by atoms with Gasteiger partial charge in [-0.05, 0) is 48.0 Å². The van der Waals surface area contributed by atoms with E-state index in [1.165, 1.54) is 12.2 Å². The molecule has 0 saturated heterocycles. The van der Waals surface area contributed by atoms with Crippen molar-refractivity contribution in [1.82, 2.24) is 5.32 Å². The van der Waals surface area contributed by atoms with Gasteiger partial charge in [-0.1, -0.05) is 28.1 Å². The van der Waals surface area contributed by atoms with Crippen LogP contribution in [0.15, 0.2) is 65.2 Å². The molecule has 2 aromatic carbocycles. The SMILES string of the molecule is COc1ccc(CNC(=O)/C=C/C(=O)c2ccc(Br)cc2)cc1. The third kappa shape index (κ3) is 5.38. The number of halogens is 1. The first-order valence-electron chi connectivity index (χ1n) is 6.97. The fourth-order valence-corrected chi connectivity index (χ4v) is 2.12. The number of ketones is 1. The summed E-state index contributed by atoms with van der Waals surface area (Å²) in [6.07, 6.45) is 2.51. The van der Waals surface area contributed by atoms with Gasteiger partial charge in [0.2, 0.25) is 5.91 Å². The highest BCUT2D eigenvalue weighted by atomic mass is 79.9. The zero-order chi connectivity index (χ0) is 16.7. The van der Waals surface area contributed by atoms with Crippen LogP contribution in [0, 0.1) is 0 Å². The normalized spacial score (nSPS) is 10.5. The van der Waals surface area contributed by atoms with E-state index in [4.69, 9.17) is 4.74 Å². The van der Waals surface area contributed by atoms with E-state index in [2.05, 4.69) is 21.2 Å². The van der Waals surface area contributed by atoms with Gasteiger partial charge in [-0.25, -0.2) is 0 Å². The van der Waals surface area contributed by atoms with Crippen LogP contribution in [-0.2, 0) is 11.3 Å². The Kier molecular flexibility index (Phi) is 6.11. The molecular formula is C18H16BrNO3. The lowest BCUT2D eigenvalue weighted by molar-refractivity contribution is -0.116. The summed E-state index contributed by atoms with van der Waals surface area (Å²) in [7, 11) is 1.60. The largest absolute Gasteiger partial charge is 0.497 e. The Hall–Kier alpha value is -2.40. The van der Waals surface area contributed by atoms with Crippen molar-refractivity contribution < 1.29 is 14.3 Å². The van der Waals surface area contributed by atoms with Crippen molar-refractivity contribution in [2.45, 2.75) is 6.54 Å². The maximum absolute atomic E-state index is 11.9. The molecule has 0 saturated carbocycles. The molecule has 0 bridgehead atoms. The van der Waals surface area contributed by atoms with Crippen molar-refractivity contribution in [3.8, 4) is 5.75 Å². The number of carbonyl (C=O) groups is 2. The number of hydrogen-bond acceptors (Lipinski definition) is 3. The first-order chi connectivity index (χ1) is 11.1. The lowest BCUT2D eigenvalue weighted by atomic mass is 10.1. The van der Waals surface area contributed by atoms with E-state index < -0.39 is 0 Å². The van der Waals surface area contributed by atoms with Crippen LogP contribution in [0.5, 0.6) is 5.75 Å². The Morgan fingerprint density at radius 3 is 2.30 bits per heavy atom. The molecule has 0 radical (unpaired) electrons. The second-order valence-electron chi connectivity index (χ2n) is 4.77. The second-order valence-corrected chi connectivity index (χ2v) is 5.69. The molecule has 0 atom stereocenters. The molecule has 0 fully saturated rings. The Balaban J connectivity index is 1.85. The van der Waals surface area contributed by atoms with Crippen LogP contribution in [-0.4, -0.2) is 18.8 Å². The van der Waals surface area contributed by atoms with Gasteiger partial charge >= 0.3 is 0 Å². The van der Waals surface area contributed by atoms with E-state index in [-0.39, 0.29) is 11.7 Å². The fraction of sp³-hybridized carbons (Fsp3) is 0.111. The molecular weight excluding hydrogens is 358 g/mol. The van der Waals surface area contributed by atoms with Crippen molar-refractivity contribution in [3.05, 3.63) is 76.3 Å². The van der Waals surface area contributed by atoms with Crippen molar-refractivity contribution in [3.63, 3.8) is 0 Å². The number of carbonyl (C=O) groups excluding carboxylic acids is 2. The van der Waals surface area contributed by atoms with E-state index in [1.807, 2.05) is 24.3 Å². The highest BCUT2D eigenvalue weighted by Gasteiger charge is 2.03. The minimum Gasteiger partial charge on any atom is -0.497 e. The maximum atomic E-state index is 11.9. The van der Waals surface area contributed by atoms with Crippen molar-refractivity contribution in [1.29, 1.82) is 0 Å². The molecule has 2 rings (SSSR count). The summed E-state index contributed by atoms with van der Waals surface area (Å²) >= 11 is 3.31. The summed E-state index contributed by atoms with van der Waals surface area (Å²) in [5.74, 6) is 0.239. The van der Waals surface area contributed by atoms with Crippen LogP contribution in [0.4, 0.5) is 0 Å². The summed E-state index contributed by atoms with van der Waals surface area (Å²) < 4.78 is 5.97. The topological polar surface area (TPSA) is 55.4 Å². The van der Waals surface area contributed by atoms with Crippen molar-refractivity contribution in [2.75, 3.05) is 7.11 Å². The minimum atomic E-state index is -0.314. The molecule has 5 heteroatoms. The third-order valence-corrected chi connectivity index (χ3v) is 3.67. The molecule has 1 N–H and O–H groups in total. The number of amides is 1. The number of nitrogens with one attached hydrogen (secondary N) is 1. The van der Waals surface area contributed by atoms with Crippen LogP contribution in [0.1, 0.15) is 15.9 Å². The first kappa shape index (κ1) is 17.0.